The predicted octanol–water partition coefficient (Wildman–Crippen LogP) is 4.15. The van der Waals surface area contributed by atoms with Gasteiger partial charge in [-0.15, -0.1) is 0 Å². The van der Waals surface area contributed by atoms with Gasteiger partial charge in [0.25, 0.3) is 10.0 Å². The zero-order chi connectivity index (χ0) is 29.6. The molecule has 0 aliphatic carbocycles. The molecule has 0 saturated carbocycles. The molecular weight excluding hydrogens is 542 g/mol. The van der Waals surface area contributed by atoms with Gasteiger partial charge < -0.3 is 19.7 Å². The van der Waals surface area contributed by atoms with E-state index in [1.807, 2.05) is 45.0 Å². The van der Waals surface area contributed by atoms with Gasteiger partial charge in [0.2, 0.25) is 11.8 Å². The molecule has 1 unspecified atom stereocenters. The number of nitrogens with one attached hydrogen (secondary N) is 1. The van der Waals surface area contributed by atoms with E-state index in [-0.39, 0.29) is 29.0 Å². The Kier molecular flexibility index (Phi) is 9.54. The molecule has 3 aromatic carbocycles. The highest BCUT2D eigenvalue weighted by Crippen LogP contribution is 2.36. The lowest BCUT2D eigenvalue weighted by Gasteiger charge is -2.32. The molecule has 0 saturated heterocycles. The SMILES string of the molecule is Cc1ccc(CN(C(=O)CN(c2ccc3c(c2)OCCO3)S(=O)(=O)c2ccccc2)C(C)C(=O)NCC(C)C)cc1. The second-order valence-corrected chi connectivity index (χ2v) is 12.3. The first-order valence-corrected chi connectivity index (χ1v) is 15.1. The minimum Gasteiger partial charge on any atom is -0.486 e. The van der Waals surface area contributed by atoms with Crippen LogP contribution in [0, 0.1) is 12.8 Å². The standard InChI is InChI=1S/C31H37N3O6S/c1-22(2)19-32-31(36)24(4)33(20-25-12-10-23(3)11-13-25)30(35)21-34(41(37,38)27-8-6-5-7-9-27)26-14-15-28-29(18-26)40-17-16-39-28/h5-15,18,22,24H,16-17,19-21H2,1-4H3,(H,32,36). The fraction of sp³-hybridized carbons (Fsp3) is 0.355. The van der Waals surface area contributed by atoms with Crippen molar-refractivity contribution >= 4 is 27.5 Å². The third kappa shape index (κ3) is 7.38. The summed E-state index contributed by atoms with van der Waals surface area (Å²) in [6, 6.07) is 19.5. The van der Waals surface area contributed by atoms with Gasteiger partial charge in [0, 0.05) is 19.2 Å². The molecule has 1 aliphatic heterocycles. The van der Waals surface area contributed by atoms with Crippen LogP contribution in [0.3, 0.4) is 0 Å². The quantitative estimate of drug-likeness (QED) is 0.366. The largest absolute Gasteiger partial charge is 0.486 e. The van der Waals surface area contributed by atoms with Crippen LogP contribution in [0.15, 0.2) is 77.7 Å². The van der Waals surface area contributed by atoms with Crippen LogP contribution in [0.5, 0.6) is 11.5 Å². The first kappa shape index (κ1) is 29.9. The summed E-state index contributed by atoms with van der Waals surface area (Å²) in [7, 11) is -4.17. The normalized spacial score (nSPS) is 13.4. The summed E-state index contributed by atoms with van der Waals surface area (Å²) in [4.78, 5) is 28.6. The van der Waals surface area contributed by atoms with E-state index in [1.165, 1.54) is 17.0 Å². The number of rotatable bonds is 11. The molecule has 0 fully saturated rings. The molecule has 4 rings (SSSR count). The Hall–Kier alpha value is -4.05. The van der Waals surface area contributed by atoms with Gasteiger partial charge >= 0.3 is 0 Å². The van der Waals surface area contributed by atoms with E-state index < -0.39 is 28.5 Å². The van der Waals surface area contributed by atoms with E-state index in [0.29, 0.717) is 31.3 Å². The van der Waals surface area contributed by atoms with Crippen LogP contribution in [0.2, 0.25) is 0 Å². The second kappa shape index (κ2) is 13.1. The van der Waals surface area contributed by atoms with Crippen molar-refractivity contribution < 1.29 is 27.5 Å². The molecule has 1 N–H and O–H groups in total. The van der Waals surface area contributed by atoms with Crippen molar-refractivity contribution in [2.75, 3.05) is 30.6 Å². The minimum atomic E-state index is -4.17. The first-order chi connectivity index (χ1) is 19.6. The summed E-state index contributed by atoms with van der Waals surface area (Å²) in [5.41, 5.74) is 2.14. The maximum atomic E-state index is 14.0. The number of carbonyl (C=O) groups excluding carboxylic acids is 2. The van der Waals surface area contributed by atoms with Gasteiger partial charge in [0.05, 0.1) is 10.6 Å². The molecule has 0 radical (unpaired) electrons. The molecule has 1 atom stereocenters. The van der Waals surface area contributed by atoms with E-state index in [2.05, 4.69) is 5.32 Å². The van der Waals surface area contributed by atoms with Crippen molar-refractivity contribution in [2.24, 2.45) is 5.92 Å². The van der Waals surface area contributed by atoms with Gasteiger partial charge in [-0.1, -0.05) is 61.9 Å². The van der Waals surface area contributed by atoms with E-state index >= 15 is 0 Å². The fourth-order valence-corrected chi connectivity index (χ4v) is 5.79. The monoisotopic (exact) mass is 579 g/mol. The predicted molar refractivity (Wildman–Crippen MR) is 157 cm³/mol. The Bertz CT molecular complexity index is 1460. The summed E-state index contributed by atoms with van der Waals surface area (Å²) < 4.78 is 40.2. The fourth-order valence-electron chi connectivity index (χ4n) is 4.36. The van der Waals surface area contributed by atoms with Crippen LogP contribution in [-0.2, 0) is 26.2 Å². The topological polar surface area (TPSA) is 105 Å². The molecule has 3 aromatic rings. The molecule has 218 valence electrons. The van der Waals surface area contributed by atoms with Crippen LogP contribution in [0.25, 0.3) is 0 Å². The van der Waals surface area contributed by atoms with Gasteiger partial charge in [0.15, 0.2) is 11.5 Å². The maximum absolute atomic E-state index is 14.0. The van der Waals surface area contributed by atoms with Crippen molar-refractivity contribution in [3.63, 3.8) is 0 Å². The summed E-state index contributed by atoms with van der Waals surface area (Å²) >= 11 is 0. The van der Waals surface area contributed by atoms with Crippen molar-refractivity contribution in [1.29, 1.82) is 0 Å². The Morgan fingerprint density at radius 2 is 1.56 bits per heavy atom. The van der Waals surface area contributed by atoms with E-state index in [0.717, 1.165) is 15.4 Å². The number of hydrogen-bond donors (Lipinski definition) is 1. The Labute approximate surface area is 242 Å². The Morgan fingerprint density at radius 1 is 0.902 bits per heavy atom. The lowest BCUT2D eigenvalue weighted by atomic mass is 10.1. The molecule has 1 aliphatic rings. The lowest BCUT2D eigenvalue weighted by Crippen LogP contribution is -2.51. The number of aryl methyl sites for hydroxylation is 1. The summed E-state index contributed by atoms with van der Waals surface area (Å²) in [6.07, 6.45) is 0. The number of nitrogens with zero attached hydrogens (tertiary/aromatic N) is 2. The van der Waals surface area contributed by atoms with Crippen LogP contribution >= 0.6 is 0 Å². The van der Waals surface area contributed by atoms with Crippen molar-refractivity contribution in [1.82, 2.24) is 10.2 Å². The highest BCUT2D eigenvalue weighted by Gasteiger charge is 2.33. The lowest BCUT2D eigenvalue weighted by molar-refractivity contribution is -0.139. The number of carbonyl (C=O) groups is 2. The zero-order valence-corrected chi connectivity index (χ0v) is 24.7. The number of ether oxygens (including phenoxy) is 2. The highest BCUT2D eigenvalue weighted by atomic mass is 32.2. The van der Waals surface area contributed by atoms with Gasteiger partial charge in [-0.2, -0.15) is 0 Å². The van der Waals surface area contributed by atoms with Crippen LogP contribution in [0.1, 0.15) is 31.9 Å². The summed E-state index contributed by atoms with van der Waals surface area (Å²) in [5.74, 6) is 0.296. The Balaban J connectivity index is 1.71. The van der Waals surface area contributed by atoms with E-state index in [9.17, 15) is 18.0 Å². The summed E-state index contributed by atoms with van der Waals surface area (Å²) in [5, 5.41) is 2.89. The van der Waals surface area contributed by atoms with E-state index in [1.54, 1.807) is 43.3 Å². The van der Waals surface area contributed by atoms with Crippen LogP contribution < -0.4 is 19.1 Å². The molecule has 0 bridgehead atoms. The van der Waals surface area contributed by atoms with Crippen molar-refractivity contribution in [2.45, 2.75) is 45.2 Å². The van der Waals surface area contributed by atoms with E-state index in [4.69, 9.17) is 9.47 Å². The van der Waals surface area contributed by atoms with Crippen molar-refractivity contribution in [3.8, 4) is 11.5 Å². The number of fused-ring (bicyclic) bond motifs is 1. The van der Waals surface area contributed by atoms with Crippen molar-refractivity contribution in [3.05, 3.63) is 83.9 Å². The number of amides is 2. The van der Waals surface area contributed by atoms with Crippen LogP contribution in [0.4, 0.5) is 5.69 Å². The molecule has 10 heteroatoms. The maximum Gasteiger partial charge on any atom is 0.264 e. The Morgan fingerprint density at radius 3 is 2.22 bits per heavy atom. The third-order valence-corrected chi connectivity index (χ3v) is 8.54. The number of benzene rings is 3. The zero-order valence-electron chi connectivity index (χ0n) is 23.9. The highest BCUT2D eigenvalue weighted by molar-refractivity contribution is 7.92. The number of hydrogen-bond acceptors (Lipinski definition) is 6. The first-order valence-electron chi connectivity index (χ1n) is 13.7. The van der Waals surface area contributed by atoms with Gasteiger partial charge in [-0.25, -0.2) is 8.42 Å². The number of anilines is 1. The average molecular weight is 580 g/mol. The third-order valence-electron chi connectivity index (χ3n) is 6.75. The second-order valence-electron chi connectivity index (χ2n) is 10.5. The van der Waals surface area contributed by atoms with Gasteiger partial charge in [-0.05, 0) is 49.6 Å². The van der Waals surface area contributed by atoms with Crippen LogP contribution in [-0.4, -0.2) is 57.5 Å². The molecule has 1 heterocycles. The number of sulfonamides is 1. The van der Waals surface area contributed by atoms with Gasteiger partial charge in [-0.3, -0.25) is 13.9 Å². The minimum absolute atomic E-state index is 0.0375. The molecule has 9 nitrogen and oxygen atoms in total. The average Bonchev–Trinajstić information content (AvgIpc) is 2.98. The smallest absolute Gasteiger partial charge is 0.264 e. The summed E-state index contributed by atoms with van der Waals surface area (Å²) in [6.45, 7) is 8.38. The molecule has 0 spiro atoms. The molecular formula is C31H37N3O6S. The molecule has 0 aromatic heterocycles. The molecule has 2 amide bonds. The van der Waals surface area contributed by atoms with Gasteiger partial charge in [0.1, 0.15) is 25.8 Å². The molecule has 41 heavy (non-hydrogen) atoms.